The molecule has 0 saturated carbocycles. The van der Waals surface area contributed by atoms with Gasteiger partial charge < -0.3 is 24.8 Å². The van der Waals surface area contributed by atoms with Crippen LogP contribution in [0.2, 0.25) is 0 Å². The van der Waals surface area contributed by atoms with Crippen LogP contribution >= 0.6 is 0 Å². The lowest BCUT2D eigenvalue weighted by atomic mass is 10.1. The quantitative estimate of drug-likeness (QED) is 0.360. The lowest BCUT2D eigenvalue weighted by Gasteiger charge is -2.01. The van der Waals surface area contributed by atoms with Crippen molar-refractivity contribution >= 4 is 0 Å². The zero-order valence-corrected chi connectivity index (χ0v) is 15.6. The van der Waals surface area contributed by atoms with Crippen LogP contribution in [0, 0.1) is 0 Å². The van der Waals surface area contributed by atoms with Crippen molar-refractivity contribution in [1.82, 2.24) is 0 Å². The first-order valence-corrected chi connectivity index (χ1v) is 8.04. The highest BCUT2D eigenvalue weighted by Gasteiger charge is 2.08. The maximum Gasteiger partial charge on any atom is 0.210 e. The van der Waals surface area contributed by atoms with Crippen LogP contribution in [-0.4, -0.2) is 0 Å². The molecule has 0 saturated heterocycles. The van der Waals surface area contributed by atoms with Crippen molar-refractivity contribution in [3.63, 3.8) is 0 Å². The molecule has 2 aromatic carbocycles. The minimum Gasteiger partial charge on any atom is -1.00 e. The van der Waals surface area contributed by atoms with Gasteiger partial charge >= 0.3 is 0 Å². The molecular formula is C22H18Cl2N2. The van der Waals surface area contributed by atoms with Crippen molar-refractivity contribution in [3.05, 3.63) is 110 Å². The van der Waals surface area contributed by atoms with E-state index in [2.05, 4.69) is 107 Å². The fourth-order valence-electron chi connectivity index (χ4n) is 2.78. The Labute approximate surface area is 166 Å². The molecule has 2 heterocycles. The maximum absolute atomic E-state index is 2.15. The summed E-state index contributed by atoms with van der Waals surface area (Å²) in [6, 6.07) is 29.3. The predicted octanol–water partition coefficient (Wildman–Crippen LogP) is -2.08. The Bertz CT molecular complexity index is 842. The molecule has 26 heavy (non-hydrogen) atoms. The molecule has 0 bridgehead atoms. The molecule has 2 aromatic heterocycles. The number of para-hydroxylation sites is 2. The summed E-state index contributed by atoms with van der Waals surface area (Å²) in [4.78, 5) is 0. The van der Waals surface area contributed by atoms with E-state index < -0.39 is 0 Å². The summed E-state index contributed by atoms with van der Waals surface area (Å²) in [5.41, 5.74) is 4.75. The normalized spacial score (nSPS) is 9.69. The smallest absolute Gasteiger partial charge is 0.210 e. The van der Waals surface area contributed by atoms with Crippen molar-refractivity contribution in [1.29, 1.82) is 0 Å². The van der Waals surface area contributed by atoms with Gasteiger partial charge in [-0.05, 0) is 11.1 Å². The van der Waals surface area contributed by atoms with Crippen LogP contribution in [0.1, 0.15) is 0 Å². The Hall–Kier alpha value is -2.68. The molecule has 4 heteroatoms. The summed E-state index contributed by atoms with van der Waals surface area (Å²) in [6.07, 6.45) is 8.40. The molecule has 0 atom stereocenters. The standard InChI is InChI=1S/C22H18N2.2ClH/c1-3-7-21(8-4-1)23-15-11-19(12-16-23)20-13-17-24(18-14-20)22-9-5-2-6-10-22;;/h1-18H;2*1H/q+2;;/p-2. The number of hydrogen-bond acceptors (Lipinski definition) is 0. The molecule has 0 unspecified atom stereocenters. The molecule has 0 aliphatic rings. The van der Waals surface area contributed by atoms with Gasteiger partial charge in [0.25, 0.3) is 0 Å². The van der Waals surface area contributed by atoms with Gasteiger partial charge in [-0.2, -0.15) is 9.13 Å². The summed E-state index contributed by atoms with van der Waals surface area (Å²) in [5.74, 6) is 0. The fraction of sp³-hybridized carbons (Fsp3) is 0. The molecule has 0 aliphatic heterocycles. The molecule has 0 N–H and O–H groups in total. The highest BCUT2D eigenvalue weighted by Crippen LogP contribution is 2.16. The highest BCUT2D eigenvalue weighted by atomic mass is 35.5. The Kier molecular flexibility index (Phi) is 6.90. The van der Waals surface area contributed by atoms with E-state index >= 15 is 0 Å². The third kappa shape index (κ3) is 4.29. The van der Waals surface area contributed by atoms with Gasteiger partial charge in [0, 0.05) is 48.5 Å². The van der Waals surface area contributed by atoms with E-state index in [1.54, 1.807) is 0 Å². The molecule has 0 spiro atoms. The first-order chi connectivity index (χ1) is 11.9. The Morgan fingerprint density at radius 2 is 0.692 bits per heavy atom. The van der Waals surface area contributed by atoms with Gasteiger partial charge in [0.1, 0.15) is 0 Å². The van der Waals surface area contributed by atoms with Gasteiger partial charge in [0.2, 0.25) is 11.4 Å². The van der Waals surface area contributed by atoms with Crippen LogP contribution in [0.4, 0.5) is 0 Å². The topological polar surface area (TPSA) is 7.76 Å². The van der Waals surface area contributed by atoms with Crippen molar-refractivity contribution in [2.45, 2.75) is 0 Å². The monoisotopic (exact) mass is 380 g/mol. The first kappa shape index (κ1) is 19.6. The summed E-state index contributed by atoms with van der Waals surface area (Å²) in [6.45, 7) is 0. The van der Waals surface area contributed by atoms with E-state index in [-0.39, 0.29) is 24.8 Å². The molecule has 0 radical (unpaired) electrons. The maximum atomic E-state index is 2.15. The molecule has 0 fully saturated rings. The van der Waals surface area contributed by atoms with Crippen LogP contribution in [0.15, 0.2) is 110 Å². The van der Waals surface area contributed by atoms with Crippen molar-refractivity contribution in [2.24, 2.45) is 0 Å². The van der Waals surface area contributed by atoms with Crippen LogP contribution in [0.5, 0.6) is 0 Å². The fourth-order valence-corrected chi connectivity index (χ4v) is 2.78. The zero-order valence-electron chi connectivity index (χ0n) is 14.0. The van der Waals surface area contributed by atoms with Gasteiger partial charge in [-0.1, -0.05) is 36.4 Å². The molecule has 4 rings (SSSR count). The molecule has 0 amide bonds. The Morgan fingerprint density at radius 3 is 1.00 bits per heavy atom. The van der Waals surface area contributed by atoms with Gasteiger partial charge in [0.15, 0.2) is 24.8 Å². The van der Waals surface area contributed by atoms with E-state index in [0.29, 0.717) is 0 Å². The van der Waals surface area contributed by atoms with Crippen LogP contribution < -0.4 is 33.9 Å². The average molecular weight is 381 g/mol. The van der Waals surface area contributed by atoms with E-state index in [0.717, 1.165) is 0 Å². The number of nitrogens with zero attached hydrogens (tertiary/aromatic N) is 2. The predicted molar refractivity (Wildman–Crippen MR) is 94.9 cm³/mol. The minimum atomic E-state index is 0. The largest absolute Gasteiger partial charge is 1.00 e. The second kappa shape index (κ2) is 9.14. The number of rotatable bonds is 3. The van der Waals surface area contributed by atoms with Crippen molar-refractivity contribution in [3.8, 4) is 22.5 Å². The summed E-state index contributed by atoms with van der Waals surface area (Å²) in [5, 5.41) is 0. The van der Waals surface area contributed by atoms with E-state index in [4.69, 9.17) is 0 Å². The zero-order chi connectivity index (χ0) is 16.2. The van der Waals surface area contributed by atoms with Crippen LogP contribution in [0.25, 0.3) is 22.5 Å². The Balaban J connectivity index is 0.00000121. The molecular weight excluding hydrogens is 363 g/mol. The molecule has 2 nitrogen and oxygen atoms in total. The Morgan fingerprint density at radius 1 is 0.385 bits per heavy atom. The van der Waals surface area contributed by atoms with Gasteiger partial charge in [-0.15, -0.1) is 0 Å². The number of benzene rings is 2. The molecule has 4 aromatic rings. The minimum absolute atomic E-state index is 0. The van der Waals surface area contributed by atoms with Crippen LogP contribution in [0.3, 0.4) is 0 Å². The summed E-state index contributed by atoms with van der Waals surface area (Å²) >= 11 is 0. The molecule has 130 valence electrons. The van der Waals surface area contributed by atoms with Crippen molar-refractivity contribution < 1.29 is 33.9 Å². The molecule has 0 aliphatic carbocycles. The van der Waals surface area contributed by atoms with E-state index in [9.17, 15) is 0 Å². The third-order valence-corrected chi connectivity index (χ3v) is 4.10. The van der Waals surface area contributed by atoms with Gasteiger partial charge in [0.05, 0.1) is 0 Å². The number of hydrogen-bond donors (Lipinski definition) is 0. The third-order valence-electron chi connectivity index (χ3n) is 4.10. The SMILES string of the molecule is [Cl-].[Cl-].c1ccc(-[n+]2ccc(-c3cc[n+](-c4ccccc4)cc3)cc2)cc1. The number of pyridine rings is 2. The lowest BCUT2D eigenvalue weighted by molar-refractivity contribution is -0.596. The van der Waals surface area contributed by atoms with Gasteiger partial charge in [-0.3, -0.25) is 0 Å². The number of halogens is 2. The highest BCUT2D eigenvalue weighted by molar-refractivity contribution is 5.61. The summed E-state index contributed by atoms with van der Waals surface area (Å²) in [7, 11) is 0. The lowest BCUT2D eigenvalue weighted by Crippen LogP contribution is -3.00. The number of aromatic nitrogens is 2. The average Bonchev–Trinajstić information content (AvgIpc) is 2.70. The van der Waals surface area contributed by atoms with Crippen molar-refractivity contribution in [2.75, 3.05) is 0 Å². The second-order valence-corrected chi connectivity index (χ2v) is 5.66. The first-order valence-electron chi connectivity index (χ1n) is 8.04. The van der Waals surface area contributed by atoms with Gasteiger partial charge in [-0.25, -0.2) is 0 Å². The van der Waals surface area contributed by atoms with E-state index in [1.165, 1.54) is 22.5 Å². The van der Waals surface area contributed by atoms with E-state index in [1.807, 2.05) is 12.1 Å². The summed E-state index contributed by atoms with van der Waals surface area (Å²) < 4.78 is 4.24. The van der Waals surface area contributed by atoms with Crippen LogP contribution in [-0.2, 0) is 0 Å². The second-order valence-electron chi connectivity index (χ2n) is 5.66.